The molecule has 94 valence electrons. The lowest BCUT2D eigenvalue weighted by Crippen LogP contribution is -2.43. The van der Waals surface area contributed by atoms with Crippen molar-refractivity contribution in [3.05, 3.63) is 23.9 Å². The minimum Gasteiger partial charge on any atom is -0.481 e. The minimum absolute atomic E-state index is 0.116. The molecule has 1 amide bonds. The first-order valence-corrected chi connectivity index (χ1v) is 5.57. The number of nitrogens with two attached hydrogens (primary N) is 1. The van der Waals surface area contributed by atoms with E-state index >= 15 is 0 Å². The molecule has 0 spiro atoms. The summed E-state index contributed by atoms with van der Waals surface area (Å²) in [4.78, 5) is 15.7. The molecule has 1 aromatic heterocycles. The van der Waals surface area contributed by atoms with Gasteiger partial charge in [-0.1, -0.05) is 19.9 Å². The van der Waals surface area contributed by atoms with Crippen molar-refractivity contribution in [2.45, 2.75) is 26.4 Å². The first-order chi connectivity index (χ1) is 8.06. The van der Waals surface area contributed by atoms with Gasteiger partial charge in [0.05, 0.1) is 13.2 Å². The van der Waals surface area contributed by atoms with Crippen molar-refractivity contribution in [2.24, 2.45) is 11.7 Å². The number of carbonyl (C=O) groups is 1. The van der Waals surface area contributed by atoms with Crippen LogP contribution in [0.2, 0.25) is 0 Å². The monoisotopic (exact) mass is 237 g/mol. The summed E-state index contributed by atoms with van der Waals surface area (Å²) < 4.78 is 5.09. The average molecular weight is 237 g/mol. The maximum Gasteiger partial charge on any atom is 0.237 e. The van der Waals surface area contributed by atoms with Crippen molar-refractivity contribution >= 4 is 5.91 Å². The zero-order valence-electron chi connectivity index (χ0n) is 10.4. The summed E-state index contributed by atoms with van der Waals surface area (Å²) in [6, 6.07) is 3.16. The molecule has 1 rings (SSSR count). The molecule has 0 aliphatic rings. The van der Waals surface area contributed by atoms with Gasteiger partial charge in [0.25, 0.3) is 0 Å². The van der Waals surface area contributed by atoms with Crippen molar-refractivity contribution in [1.29, 1.82) is 0 Å². The Morgan fingerprint density at radius 3 is 2.88 bits per heavy atom. The lowest BCUT2D eigenvalue weighted by atomic mass is 10.1. The lowest BCUT2D eigenvalue weighted by molar-refractivity contribution is -0.123. The van der Waals surface area contributed by atoms with Crippen LogP contribution in [-0.4, -0.2) is 24.0 Å². The van der Waals surface area contributed by atoms with Crippen LogP contribution in [-0.2, 0) is 11.3 Å². The Morgan fingerprint density at radius 1 is 1.59 bits per heavy atom. The van der Waals surface area contributed by atoms with Crippen molar-refractivity contribution in [1.82, 2.24) is 10.3 Å². The first kappa shape index (κ1) is 13.4. The summed E-state index contributed by atoms with van der Waals surface area (Å²) in [5.41, 5.74) is 6.57. The molecule has 0 saturated heterocycles. The van der Waals surface area contributed by atoms with Crippen molar-refractivity contribution < 1.29 is 9.53 Å². The highest BCUT2D eigenvalue weighted by molar-refractivity contribution is 5.81. The summed E-state index contributed by atoms with van der Waals surface area (Å²) in [5, 5.41) is 2.77. The number of amides is 1. The molecule has 1 atom stereocenters. The Hall–Kier alpha value is -1.62. The van der Waals surface area contributed by atoms with E-state index in [0.29, 0.717) is 12.4 Å². The molecular formula is C12H19N3O2. The number of hydrogen-bond acceptors (Lipinski definition) is 4. The highest BCUT2D eigenvalue weighted by Gasteiger charge is 2.17. The minimum atomic E-state index is -0.488. The number of aromatic nitrogens is 1. The van der Waals surface area contributed by atoms with Crippen LogP contribution in [0.5, 0.6) is 5.88 Å². The number of nitrogens with one attached hydrogen (secondary N) is 1. The number of carbonyl (C=O) groups excluding carboxylic acids is 1. The second-order valence-electron chi connectivity index (χ2n) is 4.16. The van der Waals surface area contributed by atoms with E-state index in [4.69, 9.17) is 10.5 Å². The summed E-state index contributed by atoms with van der Waals surface area (Å²) in [6.45, 7) is 4.19. The zero-order chi connectivity index (χ0) is 12.8. The van der Waals surface area contributed by atoms with Crippen molar-refractivity contribution in [3.63, 3.8) is 0 Å². The van der Waals surface area contributed by atoms with E-state index < -0.39 is 6.04 Å². The number of rotatable bonds is 5. The summed E-state index contributed by atoms with van der Waals surface area (Å²) in [6.07, 6.45) is 1.64. The van der Waals surface area contributed by atoms with Gasteiger partial charge >= 0.3 is 0 Å². The Bertz CT molecular complexity index is 380. The van der Waals surface area contributed by atoms with E-state index in [2.05, 4.69) is 10.3 Å². The third-order valence-electron chi connectivity index (χ3n) is 2.52. The molecular weight excluding hydrogens is 218 g/mol. The second-order valence-corrected chi connectivity index (χ2v) is 4.16. The van der Waals surface area contributed by atoms with Gasteiger partial charge in [-0.25, -0.2) is 4.98 Å². The van der Waals surface area contributed by atoms with E-state index in [1.165, 1.54) is 0 Å². The quantitative estimate of drug-likeness (QED) is 0.790. The maximum absolute atomic E-state index is 11.7. The SMILES string of the molecule is COc1ncccc1CNC(=O)[C@H](N)C(C)C. The molecule has 0 aromatic carbocycles. The molecule has 5 nitrogen and oxygen atoms in total. The molecule has 1 heterocycles. The van der Waals surface area contributed by atoms with E-state index in [-0.39, 0.29) is 11.8 Å². The van der Waals surface area contributed by atoms with Gasteiger partial charge in [0, 0.05) is 18.3 Å². The fourth-order valence-corrected chi connectivity index (χ4v) is 1.35. The van der Waals surface area contributed by atoms with Gasteiger partial charge in [-0.05, 0) is 12.0 Å². The van der Waals surface area contributed by atoms with Crippen LogP contribution in [0.15, 0.2) is 18.3 Å². The third kappa shape index (κ3) is 3.71. The van der Waals surface area contributed by atoms with Gasteiger partial charge in [0.15, 0.2) is 0 Å². The van der Waals surface area contributed by atoms with Crippen LogP contribution < -0.4 is 15.8 Å². The van der Waals surface area contributed by atoms with E-state index in [1.807, 2.05) is 19.9 Å². The Morgan fingerprint density at radius 2 is 2.29 bits per heavy atom. The molecule has 0 fully saturated rings. The zero-order valence-corrected chi connectivity index (χ0v) is 10.4. The number of pyridine rings is 1. The number of hydrogen-bond donors (Lipinski definition) is 2. The van der Waals surface area contributed by atoms with Crippen molar-refractivity contribution in [2.75, 3.05) is 7.11 Å². The standard InChI is InChI=1S/C12H19N3O2/c1-8(2)10(13)11(16)15-7-9-5-4-6-14-12(9)17-3/h4-6,8,10H,7,13H2,1-3H3,(H,15,16)/t10-/m1/s1. The van der Waals surface area contributed by atoms with Crippen LogP contribution in [0.3, 0.4) is 0 Å². The fraction of sp³-hybridized carbons (Fsp3) is 0.500. The number of nitrogens with zero attached hydrogens (tertiary/aromatic N) is 1. The summed E-state index contributed by atoms with van der Waals surface area (Å²) >= 11 is 0. The van der Waals surface area contributed by atoms with Crippen LogP contribution in [0.1, 0.15) is 19.4 Å². The highest BCUT2D eigenvalue weighted by atomic mass is 16.5. The molecule has 1 aromatic rings. The van der Waals surface area contributed by atoms with E-state index in [0.717, 1.165) is 5.56 Å². The van der Waals surface area contributed by atoms with Gasteiger partial charge in [-0.15, -0.1) is 0 Å². The highest BCUT2D eigenvalue weighted by Crippen LogP contribution is 2.12. The molecule has 0 aliphatic heterocycles. The molecule has 0 unspecified atom stereocenters. The van der Waals surface area contributed by atoms with Crippen molar-refractivity contribution in [3.8, 4) is 5.88 Å². The van der Waals surface area contributed by atoms with Crippen LogP contribution >= 0.6 is 0 Å². The summed E-state index contributed by atoms with van der Waals surface area (Å²) in [7, 11) is 1.55. The van der Waals surface area contributed by atoms with Gasteiger partial charge in [-0.2, -0.15) is 0 Å². The van der Waals surface area contributed by atoms with Gasteiger partial charge in [0.1, 0.15) is 0 Å². The van der Waals surface area contributed by atoms with Gasteiger partial charge < -0.3 is 15.8 Å². The molecule has 3 N–H and O–H groups in total. The predicted octanol–water partition coefficient (Wildman–Crippen LogP) is 0.690. The Balaban J connectivity index is 2.58. The molecule has 0 bridgehead atoms. The molecule has 0 saturated carbocycles. The smallest absolute Gasteiger partial charge is 0.237 e. The third-order valence-corrected chi connectivity index (χ3v) is 2.52. The molecule has 17 heavy (non-hydrogen) atoms. The normalized spacial score (nSPS) is 12.3. The average Bonchev–Trinajstić information content (AvgIpc) is 2.35. The molecule has 0 aliphatic carbocycles. The van der Waals surface area contributed by atoms with Crippen LogP contribution in [0.4, 0.5) is 0 Å². The van der Waals surface area contributed by atoms with Crippen LogP contribution in [0, 0.1) is 5.92 Å². The van der Waals surface area contributed by atoms with E-state index in [9.17, 15) is 4.79 Å². The second kappa shape index (κ2) is 6.20. The number of ether oxygens (including phenoxy) is 1. The Kier molecular flexibility index (Phi) is 4.90. The Labute approximate surface area is 101 Å². The lowest BCUT2D eigenvalue weighted by Gasteiger charge is -2.15. The largest absolute Gasteiger partial charge is 0.481 e. The number of methoxy groups -OCH3 is 1. The van der Waals surface area contributed by atoms with Gasteiger partial charge in [-0.3, -0.25) is 4.79 Å². The maximum atomic E-state index is 11.7. The molecule has 5 heteroatoms. The molecule has 0 radical (unpaired) electrons. The van der Waals surface area contributed by atoms with Crippen LogP contribution in [0.25, 0.3) is 0 Å². The van der Waals surface area contributed by atoms with E-state index in [1.54, 1.807) is 19.4 Å². The van der Waals surface area contributed by atoms with Gasteiger partial charge in [0.2, 0.25) is 11.8 Å². The topological polar surface area (TPSA) is 77.2 Å². The summed E-state index contributed by atoms with van der Waals surface area (Å²) in [5.74, 6) is 0.475. The predicted molar refractivity (Wildman–Crippen MR) is 65.4 cm³/mol. The first-order valence-electron chi connectivity index (χ1n) is 5.57. The fourth-order valence-electron chi connectivity index (χ4n) is 1.35.